The first kappa shape index (κ1) is 15.8. The minimum atomic E-state index is -0.319. The van der Waals surface area contributed by atoms with Crippen LogP contribution in [0.2, 0.25) is 0 Å². The molecule has 0 radical (unpaired) electrons. The molecule has 10 heteroatoms. The Morgan fingerprint density at radius 1 is 1.16 bits per heavy atom. The van der Waals surface area contributed by atoms with Crippen molar-refractivity contribution in [3.63, 3.8) is 0 Å². The summed E-state index contributed by atoms with van der Waals surface area (Å²) in [6.45, 7) is 0. The van der Waals surface area contributed by atoms with E-state index in [1.54, 1.807) is 23.5 Å². The van der Waals surface area contributed by atoms with E-state index in [1.807, 2.05) is 16.8 Å². The van der Waals surface area contributed by atoms with E-state index in [2.05, 4.69) is 20.3 Å². The molecule has 4 rings (SSSR count). The number of hydrogen-bond donors (Lipinski definition) is 1. The Morgan fingerprint density at radius 2 is 2.00 bits per heavy atom. The summed E-state index contributed by atoms with van der Waals surface area (Å²) in [5, 5.41) is 16.5. The third-order valence-electron chi connectivity index (χ3n) is 3.33. The summed E-state index contributed by atoms with van der Waals surface area (Å²) in [6.07, 6.45) is 0. The van der Waals surface area contributed by atoms with Gasteiger partial charge in [-0.2, -0.15) is 16.3 Å². The van der Waals surface area contributed by atoms with Crippen molar-refractivity contribution in [2.75, 3.05) is 5.84 Å². The number of halogens is 1. The molecule has 7 nitrogen and oxygen atoms in total. The minimum absolute atomic E-state index is 0.319. The lowest BCUT2D eigenvalue weighted by atomic mass is 10.2. The van der Waals surface area contributed by atoms with Gasteiger partial charge in [-0.25, -0.2) is 9.07 Å². The first-order chi connectivity index (χ1) is 12.2. The Kier molecular flexibility index (Phi) is 4.20. The van der Waals surface area contributed by atoms with Gasteiger partial charge in [0.05, 0.1) is 11.3 Å². The van der Waals surface area contributed by atoms with Crippen LogP contribution in [0.15, 0.2) is 50.8 Å². The van der Waals surface area contributed by atoms with Gasteiger partial charge in [-0.05, 0) is 35.7 Å². The summed E-state index contributed by atoms with van der Waals surface area (Å²) < 4.78 is 19.6. The molecule has 0 spiro atoms. The summed E-state index contributed by atoms with van der Waals surface area (Å²) in [6, 6.07) is 7.82. The smallest absolute Gasteiger partial charge is 0.258 e. The summed E-state index contributed by atoms with van der Waals surface area (Å²) in [5.41, 5.74) is 1.58. The van der Waals surface area contributed by atoms with Gasteiger partial charge in [-0.3, -0.25) is 0 Å². The Morgan fingerprint density at radius 3 is 2.76 bits per heavy atom. The van der Waals surface area contributed by atoms with Gasteiger partial charge < -0.3 is 10.4 Å². The summed E-state index contributed by atoms with van der Waals surface area (Å²) in [7, 11) is 0. The number of nitrogens with two attached hydrogens (primary N) is 1. The second-order valence-corrected chi connectivity index (χ2v) is 6.72. The number of hydrogen-bond acceptors (Lipinski definition) is 8. The molecule has 0 atom stereocenters. The van der Waals surface area contributed by atoms with Crippen LogP contribution in [-0.2, 0) is 5.75 Å². The molecular weight excluding hydrogens is 363 g/mol. The average Bonchev–Trinajstić information content (AvgIpc) is 3.35. The van der Waals surface area contributed by atoms with Gasteiger partial charge in [0.2, 0.25) is 5.16 Å². The maximum Gasteiger partial charge on any atom is 0.258 e. The summed E-state index contributed by atoms with van der Waals surface area (Å²) in [4.78, 5) is 4.34. The standard InChI is InChI=1S/C15H11FN6OS2/c16-11-3-1-9(2-4-11)13-19-20-15(22(13)17)25-8-12-18-14(23-21-12)10-5-6-24-7-10/h1-7H,8,17H2. The van der Waals surface area contributed by atoms with Crippen molar-refractivity contribution in [3.8, 4) is 22.8 Å². The van der Waals surface area contributed by atoms with Crippen LogP contribution in [0.1, 0.15) is 5.82 Å². The number of nitrogen functional groups attached to an aromatic ring is 1. The molecular formula is C15H11FN6OS2. The maximum absolute atomic E-state index is 13.0. The van der Waals surface area contributed by atoms with Crippen molar-refractivity contribution in [1.29, 1.82) is 0 Å². The molecule has 0 amide bonds. The summed E-state index contributed by atoms with van der Waals surface area (Å²) in [5.74, 6) is 7.63. The van der Waals surface area contributed by atoms with Crippen molar-refractivity contribution in [2.24, 2.45) is 0 Å². The van der Waals surface area contributed by atoms with Crippen molar-refractivity contribution in [2.45, 2.75) is 10.9 Å². The van der Waals surface area contributed by atoms with Gasteiger partial charge in [-0.1, -0.05) is 16.9 Å². The average molecular weight is 374 g/mol. The van der Waals surface area contributed by atoms with Crippen LogP contribution >= 0.6 is 23.1 Å². The fourth-order valence-electron chi connectivity index (χ4n) is 2.12. The molecule has 0 bridgehead atoms. The number of benzene rings is 1. The Labute approximate surface area is 149 Å². The predicted molar refractivity (Wildman–Crippen MR) is 92.7 cm³/mol. The monoisotopic (exact) mass is 374 g/mol. The molecule has 0 aliphatic carbocycles. The predicted octanol–water partition coefficient (Wildman–Crippen LogP) is 3.20. The molecule has 2 N–H and O–H groups in total. The van der Waals surface area contributed by atoms with Crippen molar-refractivity contribution in [3.05, 3.63) is 52.7 Å². The molecule has 3 heterocycles. The molecule has 126 valence electrons. The highest BCUT2D eigenvalue weighted by Crippen LogP contribution is 2.25. The SMILES string of the molecule is Nn1c(SCc2noc(-c3ccsc3)n2)nnc1-c1ccc(F)cc1. The lowest BCUT2D eigenvalue weighted by molar-refractivity contribution is 0.425. The number of nitrogens with zero attached hydrogens (tertiary/aromatic N) is 5. The molecule has 0 fully saturated rings. The van der Waals surface area contributed by atoms with E-state index < -0.39 is 0 Å². The van der Waals surface area contributed by atoms with Gasteiger partial charge in [0.25, 0.3) is 5.89 Å². The van der Waals surface area contributed by atoms with E-state index in [1.165, 1.54) is 28.6 Å². The normalized spacial score (nSPS) is 11.1. The fourth-order valence-corrected chi connectivity index (χ4v) is 3.45. The quantitative estimate of drug-likeness (QED) is 0.423. The van der Waals surface area contributed by atoms with Crippen LogP contribution in [0.25, 0.3) is 22.8 Å². The van der Waals surface area contributed by atoms with Gasteiger partial charge in [0, 0.05) is 10.9 Å². The molecule has 25 heavy (non-hydrogen) atoms. The zero-order valence-corrected chi connectivity index (χ0v) is 14.3. The largest absolute Gasteiger partial charge is 0.335 e. The maximum atomic E-state index is 13.0. The zero-order valence-electron chi connectivity index (χ0n) is 12.7. The molecule has 0 saturated carbocycles. The van der Waals surface area contributed by atoms with Crippen molar-refractivity contribution in [1.82, 2.24) is 25.0 Å². The van der Waals surface area contributed by atoms with E-state index in [4.69, 9.17) is 10.4 Å². The first-order valence-corrected chi connectivity index (χ1v) is 9.08. The van der Waals surface area contributed by atoms with E-state index >= 15 is 0 Å². The zero-order chi connectivity index (χ0) is 17.2. The molecule has 0 aliphatic rings. The van der Waals surface area contributed by atoms with Crippen LogP contribution in [0.5, 0.6) is 0 Å². The van der Waals surface area contributed by atoms with E-state index in [-0.39, 0.29) is 5.82 Å². The second-order valence-electron chi connectivity index (χ2n) is 5.00. The van der Waals surface area contributed by atoms with Crippen LogP contribution < -0.4 is 5.84 Å². The molecule has 0 saturated heterocycles. The lowest BCUT2D eigenvalue weighted by Crippen LogP contribution is -2.11. The van der Waals surface area contributed by atoms with Crippen molar-refractivity contribution < 1.29 is 8.91 Å². The molecule has 0 aliphatic heterocycles. The molecule has 4 aromatic rings. The number of thioether (sulfide) groups is 1. The van der Waals surface area contributed by atoms with Crippen LogP contribution in [0.4, 0.5) is 4.39 Å². The van der Waals surface area contributed by atoms with E-state index in [9.17, 15) is 4.39 Å². The second kappa shape index (κ2) is 6.65. The molecule has 1 aromatic carbocycles. The number of thiophene rings is 1. The van der Waals surface area contributed by atoms with Crippen LogP contribution in [0.3, 0.4) is 0 Å². The topological polar surface area (TPSA) is 95.7 Å². The number of aromatic nitrogens is 5. The lowest BCUT2D eigenvalue weighted by Gasteiger charge is -2.02. The van der Waals surface area contributed by atoms with Gasteiger partial charge in [0.1, 0.15) is 5.82 Å². The molecule has 3 aromatic heterocycles. The third-order valence-corrected chi connectivity index (χ3v) is 4.96. The Balaban J connectivity index is 1.48. The van der Waals surface area contributed by atoms with E-state index in [0.717, 1.165) is 5.56 Å². The molecule has 0 unspecified atom stereocenters. The van der Waals surface area contributed by atoms with Gasteiger partial charge >= 0.3 is 0 Å². The Bertz CT molecular complexity index is 980. The first-order valence-electron chi connectivity index (χ1n) is 7.15. The van der Waals surface area contributed by atoms with Crippen LogP contribution in [-0.4, -0.2) is 25.0 Å². The highest BCUT2D eigenvalue weighted by atomic mass is 32.2. The summed E-state index contributed by atoms with van der Waals surface area (Å²) >= 11 is 2.90. The Hall–Kier alpha value is -2.72. The van der Waals surface area contributed by atoms with Gasteiger partial charge in [0.15, 0.2) is 11.6 Å². The third kappa shape index (κ3) is 3.26. The van der Waals surface area contributed by atoms with Gasteiger partial charge in [-0.15, -0.1) is 10.2 Å². The fraction of sp³-hybridized carbons (Fsp3) is 0.0667. The highest BCUT2D eigenvalue weighted by Gasteiger charge is 2.15. The minimum Gasteiger partial charge on any atom is -0.335 e. The van der Waals surface area contributed by atoms with Crippen LogP contribution in [0, 0.1) is 5.82 Å². The number of rotatable bonds is 5. The highest BCUT2D eigenvalue weighted by molar-refractivity contribution is 7.98. The van der Waals surface area contributed by atoms with Crippen molar-refractivity contribution >= 4 is 23.1 Å². The van der Waals surface area contributed by atoms with E-state index in [0.29, 0.717) is 34.0 Å².